The summed E-state index contributed by atoms with van der Waals surface area (Å²) in [7, 11) is 0. The lowest BCUT2D eigenvalue weighted by atomic mass is 10.2. The molecule has 116 valence electrons. The Balaban J connectivity index is 2.13. The predicted molar refractivity (Wildman–Crippen MR) is 74.5 cm³/mol. The highest BCUT2D eigenvalue weighted by molar-refractivity contribution is 8.00. The van der Waals surface area contributed by atoms with Crippen LogP contribution < -0.4 is 5.32 Å². The zero-order chi connectivity index (χ0) is 15.5. The number of benzene rings is 1. The highest BCUT2D eigenvalue weighted by Crippen LogP contribution is 2.40. The van der Waals surface area contributed by atoms with E-state index >= 15 is 0 Å². The van der Waals surface area contributed by atoms with Crippen molar-refractivity contribution in [2.24, 2.45) is 0 Å². The second kappa shape index (κ2) is 6.57. The van der Waals surface area contributed by atoms with E-state index in [4.69, 9.17) is 4.74 Å². The van der Waals surface area contributed by atoms with Crippen LogP contribution in [-0.2, 0) is 4.74 Å². The molecule has 0 bridgehead atoms. The van der Waals surface area contributed by atoms with E-state index in [1.54, 1.807) is 13.0 Å². The minimum atomic E-state index is -4.40. The molecule has 1 aliphatic heterocycles. The number of nitrogens with zero attached hydrogens (tertiary/aromatic N) is 1. The summed E-state index contributed by atoms with van der Waals surface area (Å²) < 4.78 is 42.8. The van der Waals surface area contributed by atoms with Crippen molar-refractivity contribution in [3.8, 4) is 0 Å². The molecular formula is C13H15F3N2O2S. The largest absolute Gasteiger partial charge is 0.446 e. The van der Waals surface area contributed by atoms with Gasteiger partial charge in [-0.05, 0) is 36.4 Å². The molecule has 8 heteroatoms. The molecule has 1 saturated heterocycles. The van der Waals surface area contributed by atoms with Crippen molar-refractivity contribution in [1.82, 2.24) is 4.90 Å². The Morgan fingerprint density at radius 3 is 2.62 bits per heavy atom. The van der Waals surface area contributed by atoms with Gasteiger partial charge in [0.25, 0.3) is 0 Å². The van der Waals surface area contributed by atoms with Gasteiger partial charge in [-0.3, -0.25) is 0 Å². The number of hydrogen-bond acceptors (Lipinski definition) is 3. The summed E-state index contributed by atoms with van der Waals surface area (Å²) >= 11 is -0.228. The molecule has 1 N–H and O–H groups in total. The highest BCUT2D eigenvalue weighted by atomic mass is 32.2. The van der Waals surface area contributed by atoms with Crippen molar-refractivity contribution in [3.05, 3.63) is 23.8 Å². The van der Waals surface area contributed by atoms with E-state index < -0.39 is 11.5 Å². The van der Waals surface area contributed by atoms with Crippen molar-refractivity contribution in [2.45, 2.75) is 17.3 Å². The fourth-order valence-corrected chi connectivity index (χ4v) is 2.63. The third kappa shape index (κ3) is 4.82. The summed E-state index contributed by atoms with van der Waals surface area (Å²) in [5.41, 5.74) is -3.53. The van der Waals surface area contributed by atoms with Gasteiger partial charge < -0.3 is 15.0 Å². The first-order chi connectivity index (χ1) is 9.85. The zero-order valence-corrected chi connectivity index (χ0v) is 12.2. The average molecular weight is 320 g/mol. The van der Waals surface area contributed by atoms with E-state index in [0.717, 1.165) is 0 Å². The first-order valence-corrected chi connectivity index (χ1v) is 7.17. The lowest BCUT2D eigenvalue weighted by molar-refractivity contribution is -0.0328. The predicted octanol–water partition coefficient (Wildman–Crippen LogP) is 3.47. The van der Waals surface area contributed by atoms with Gasteiger partial charge in [0.2, 0.25) is 0 Å². The van der Waals surface area contributed by atoms with E-state index in [0.29, 0.717) is 31.9 Å². The van der Waals surface area contributed by atoms with Crippen LogP contribution in [-0.4, -0.2) is 42.7 Å². The van der Waals surface area contributed by atoms with Crippen LogP contribution in [0.1, 0.15) is 5.56 Å². The van der Waals surface area contributed by atoms with Crippen molar-refractivity contribution in [2.75, 3.05) is 31.6 Å². The number of ether oxygens (including phenoxy) is 1. The van der Waals surface area contributed by atoms with E-state index in [-0.39, 0.29) is 22.3 Å². The number of carbonyl (C=O) groups is 1. The third-order valence-corrected chi connectivity index (χ3v) is 3.69. The number of anilines is 1. The Kier molecular flexibility index (Phi) is 5.00. The number of hydrogen-bond donors (Lipinski definition) is 1. The van der Waals surface area contributed by atoms with E-state index in [2.05, 4.69) is 5.32 Å². The second-order valence-electron chi connectivity index (χ2n) is 4.58. The lowest BCUT2D eigenvalue weighted by Gasteiger charge is -2.27. The second-order valence-corrected chi connectivity index (χ2v) is 5.68. The van der Waals surface area contributed by atoms with Crippen LogP contribution in [0.25, 0.3) is 0 Å². The van der Waals surface area contributed by atoms with Crippen molar-refractivity contribution < 1.29 is 22.7 Å². The lowest BCUT2D eigenvalue weighted by Crippen LogP contribution is -2.43. The van der Waals surface area contributed by atoms with Crippen molar-refractivity contribution in [3.63, 3.8) is 0 Å². The molecular weight excluding hydrogens is 305 g/mol. The highest BCUT2D eigenvalue weighted by Gasteiger charge is 2.31. The van der Waals surface area contributed by atoms with Gasteiger partial charge in [-0.2, -0.15) is 13.2 Å². The third-order valence-electron chi connectivity index (χ3n) is 2.90. The Labute approximate surface area is 124 Å². The van der Waals surface area contributed by atoms with Crippen LogP contribution in [0, 0.1) is 6.92 Å². The Hall–Kier alpha value is -1.41. The van der Waals surface area contributed by atoms with Gasteiger partial charge in [-0.15, -0.1) is 0 Å². The van der Waals surface area contributed by atoms with Gasteiger partial charge in [-0.25, -0.2) is 4.79 Å². The molecule has 0 atom stereocenters. The van der Waals surface area contributed by atoms with Crippen LogP contribution in [0.2, 0.25) is 0 Å². The quantitative estimate of drug-likeness (QED) is 0.848. The van der Waals surface area contributed by atoms with Crippen LogP contribution in [0.5, 0.6) is 0 Å². The van der Waals surface area contributed by atoms with Crippen LogP contribution >= 0.6 is 11.8 Å². The number of carbonyl (C=O) groups excluding carboxylic acids is 1. The molecule has 0 spiro atoms. The van der Waals surface area contributed by atoms with Crippen LogP contribution in [0.3, 0.4) is 0 Å². The molecule has 4 nitrogen and oxygen atoms in total. The number of halogens is 3. The monoisotopic (exact) mass is 320 g/mol. The number of aryl methyl sites for hydroxylation is 1. The van der Waals surface area contributed by atoms with E-state index in [1.165, 1.54) is 17.0 Å². The summed E-state index contributed by atoms with van der Waals surface area (Å²) in [6, 6.07) is 4.15. The molecule has 1 aromatic carbocycles. The summed E-state index contributed by atoms with van der Waals surface area (Å²) in [5, 5.41) is 2.54. The molecule has 2 amide bonds. The fourth-order valence-electron chi connectivity index (χ4n) is 1.90. The first-order valence-electron chi connectivity index (χ1n) is 6.35. The van der Waals surface area contributed by atoms with E-state index in [1.807, 2.05) is 0 Å². The summed E-state index contributed by atoms with van der Waals surface area (Å²) in [4.78, 5) is 13.5. The van der Waals surface area contributed by atoms with Crippen LogP contribution in [0.4, 0.5) is 23.7 Å². The minimum absolute atomic E-state index is 0.0101. The average Bonchev–Trinajstić information content (AvgIpc) is 2.41. The van der Waals surface area contributed by atoms with Gasteiger partial charge in [0.15, 0.2) is 0 Å². The Morgan fingerprint density at radius 2 is 2.00 bits per heavy atom. The van der Waals surface area contributed by atoms with Gasteiger partial charge in [0.1, 0.15) is 0 Å². The minimum Gasteiger partial charge on any atom is -0.378 e. The molecule has 2 rings (SSSR count). The van der Waals surface area contributed by atoms with Crippen LogP contribution in [0.15, 0.2) is 23.1 Å². The maximum Gasteiger partial charge on any atom is 0.446 e. The Bertz CT molecular complexity index is 517. The molecule has 21 heavy (non-hydrogen) atoms. The standard InChI is InChI=1S/C13H15F3N2O2S/c1-9-2-3-10(11(8-9)21-13(14,15)16)17-12(19)18-4-6-20-7-5-18/h2-3,8H,4-7H2,1H3,(H,17,19). The molecule has 0 radical (unpaired) electrons. The molecule has 1 aliphatic rings. The number of rotatable bonds is 2. The first kappa shape index (κ1) is 16.0. The number of nitrogens with one attached hydrogen (secondary N) is 1. The van der Waals surface area contributed by atoms with E-state index in [9.17, 15) is 18.0 Å². The fraction of sp³-hybridized carbons (Fsp3) is 0.462. The molecule has 1 heterocycles. The van der Waals surface area contributed by atoms with Gasteiger partial charge in [0.05, 0.1) is 18.9 Å². The maximum atomic E-state index is 12.6. The number of amides is 2. The number of morpholine rings is 1. The number of alkyl halides is 3. The summed E-state index contributed by atoms with van der Waals surface area (Å²) in [6.45, 7) is 3.43. The van der Waals surface area contributed by atoms with Gasteiger partial charge >= 0.3 is 11.5 Å². The summed E-state index contributed by atoms with van der Waals surface area (Å²) in [5.74, 6) is 0. The molecule has 1 aromatic rings. The molecule has 0 unspecified atom stereocenters. The maximum absolute atomic E-state index is 12.6. The molecule has 0 saturated carbocycles. The molecule has 0 aromatic heterocycles. The molecule has 1 fully saturated rings. The topological polar surface area (TPSA) is 41.6 Å². The summed E-state index contributed by atoms with van der Waals surface area (Å²) in [6.07, 6.45) is 0. The number of thioether (sulfide) groups is 1. The van der Waals surface area contributed by atoms with Gasteiger partial charge in [0, 0.05) is 18.0 Å². The van der Waals surface area contributed by atoms with Crippen molar-refractivity contribution in [1.29, 1.82) is 0 Å². The SMILES string of the molecule is Cc1ccc(NC(=O)N2CCOCC2)c(SC(F)(F)F)c1. The van der Waals surface area contributed by atoms with Crippen molar-refractivity contribution >= 4 is 23.5 Å². The normalized spacial score (nSPS) is 15.9. The zero-order valence-electron chi connectivity index (χ0n) is 11.4. The smallest absolute Gasteiger partial charge is 0.378 e. The molecule has 0 aliphatic carbocycles. The van der Waals surface area contributed by atoms with Gasteiger partial charge in [-0.1, -0.05) is 6.07 Å². The number of urea groups is 1. The Morgan fingerprint density at radius 1 is 1.33 bits per heavy atom.